The van der Waals surface area contributed by atoms with Gasteiger partial charge < -0.3 is 20.3 Å². The van der Waals surface area contributed by atoms with E-state index >= 15 is 0 Å². The lowest BCUT2D eigenvalue weighted by atomic mass is 10.1. The van der Waals surface area contributed by atoms with E-state index in [4.69, 9.17) is 9.84 Å². The Hall–Kier alpha value is -2.69. The third-order valence-electron chi connectivity index (χ3n) is 3.49. The van der Waals surface area contributed by atoms with Crippen molar-refractivity contribution in [3.05, 3.63) is 53.1 Å². The van der Waals surface area contributed by atoms with E-state index in [1.807, 2.05) is 19.9 Å². The van der Waals surface area contributed by atoms with Gasteiger partial charge in [0.1, 0.15) is 29.0 Å². The van der Waals surface area contributed by atoms with E-state index < -0.39 is 24.3 Å². The number of ether oxygens (including phenoxy) is 1. The van der Waals surface area contributed by atoms with E-state index in [-0.39, 0.29) is 35.7 Å². The summed E-state index contributed by atoms with van der Waals surface area (Å²) < 4.78 is 33.2. The van der Waals surface area contributed by atoms with Crippen LogP contribution in [-0.4, -0.2) is 29.5 Å². The highest BCUT2D eigenvalue weighted by atomic mass is 19.1. The van der Waals surface area contributed by atoms with Gasteiger partial charge in [-0.25, -0.2) is 8.78 Å². The van der Waals surface area contributed by atoms with Crippen LogP contribution in [0.1, 0.15) is 31.4 Å². The predicted molar refractivity (Wildman–Crippen MR) is 100 cm³/mol. The third kappa shape index (κ3) is 6.51. The molecule has 3 N–H and O–H groups in total. The number of nitriles is 1. The van der Waals surface area contributed by atoms with Crippen molar-refractivity contribution in [2.75, 3.05) is 18.5 Å². The van der Waals surface area contributed by atoms with Gasteiger partial charge in [-0.2, -0.15) is 5.26 Å². The number of aryl methyl sites for hydroxylation is 1. The zero-order valence-corrected chi connectivity index (χ0v) is 15.6. The maximum absolute atomic E-state index is 14.0. The monoisotopic (exact) mass is 378 g/mol. The van der Waals surface area contributed by atoms with Crippen LogP contribution in [0.15, 0.2) is 30.3 Å². The molecule has 0 aliphatic heterocycles. The van der Waals surface area contributed by atoms with Crippen LogP contribution in [0, 0.1) is 29.9 Å². The van der Waals surface area contributed by atoms with Crippen molar-refractivity contribution in [3.63, 3.8) is 0 Å². The lowest BCUT2D eigenvalue weighted by Gasteiger charge is -2.15. The Labute approximate surface area is 157 Å². The molecule has 2 aromatic carbocycles. The van der Waals surface area contributed by atoms with Gasteiger partial charge in [0.05, 0.1) is 30.7 Å². The highest BCUT2D eigenvalue weighted by Crippen LogP contribution is 2.31. The standard InChI is InChI=1S/C18H18F2N2O3.C2H6/c1-11-2-3-16(15(20)6-11)22-17-7-12(19)8-18(14(17)9-21)25-5-4-13(24)10-23;1-2/h2-3,6-8,13,22-24H,4-5,10H2,1H3;1-2H3. The second-order valence-corrected chi connectivity index (χ2v) is 5.52. The highest BCUT2D eigenvalue weighted by molar-refractivity contribution is 5.70. The fourth-order valence-corrected chi connectivity index (χ4v) is 2.17. The Morgan fingerprint density at radius 3 is 2.48 bits per heavy atom. The first kappa shape index (κ1) is 22.4. The molecule has 2 rings (SSSR count). The third-order valence-corrected chi connectivity index (χ3v) is 3.49. The summed E-state index contributed by atoms with van der Waals surface area (Å²) in [6.45, 7) is 5.30. The molecular weight excluding hydrogens is 354 g/mol. The van der Waals surface area contributed by atoms with E-state index in [2.05, 4.69) is 5.32 Å². The van der Waals surface area contributed by atoms with Crippen LogP contribution < -0.4 is 10.1 Å². The van der Waals surface area contributed by atoms with Crippen molar-refractivity contribution in [2.45, 2.75) is 33.3 Å². The summed E-state index contributed by atoms with van der Waals surface area (Å²) in [5, 5.41) is 30.1. The fraction of sp³-hybridized carbons (Fsp3) is 0.350. The largest absolute Gasteiger partial charge is 0.492 e. The van der Waals surface area contributed by atoms with Crippen LogP contribution >= 0.6 is 0 Å². The molecule has 1 unspecified atom stereocenters. The number of aliphatic hydroxyl groups is 2. The molecular formula is C20H24F2N2O3. The molecule has 0 saturated carbocycles. The van der Waals surface area contributed by atoms with Gasteiger partial charge >= 0.3 is 0 Å². The summed E-state index contributed by atoms with van der Waals surface area (Å²) in [4.78, 5) is 0. The molecule has 7 heteroatoms. The number of nitrogens with one attached hydrogen (secondary N) is 1. The van der Waals surface area contributed by atoms with E-state index in [0.717, 1.165) is 17.7 Å². The lowest BCUT2D eigenvalue weighted by Crippen LogP contribution is -2.16. The van der Waals surface area contributed by atoms with Crippen LogP contribution in [0.2, 0.25) is 0 Å². The maximum atomic E-state index is 14.0. The normalized spacial score (nSPS) is 11.0. The Kier molecular flexibility index (Phi) is 9.20. The van der Waals surface area contributed by atoms with Gasteiger partial charge in [-0.05, 0) is 30.7 Å². The second kappa shape index (κ2) is 11.1. The van der Waals surface area contributed by atoms with Crippen LogP contribution in [0.5, 0.6) is 5.75 Å². The van der Waals surface area contributed by atoms with Gasteiger partial charge in [-0.1, -0.05) is 19.9 Å². The predicted octanol–water partition coefficient (Wildman–Crippen LogP) is 4.04. The van der Waals surface area contributed by atoms with Crippen molar-refractivity contribution >= 4 is 11.4 Å². The minimum absolute atomic E-state index is 0.0138. The van der Waals surface area contributed by atoms with E-state index in [0.29, 0.717) is 0 Å². The summed E-state index contributed by atoms with van der Waals surface area (Å²) in [6.07, 6.45) is -0.842. The Morgan fingerprint density at radius 2 is 1.89 bits per heavy atom. The van der Waals surface area contributed by atoms with Crippen LogP contribution in [0.4, 0.5) is 20.2 Å². The van der Waals surface area contributed by atoms with E-state index in [1.54, 1.807) is 13.0 Å². The van der Waals surface area contributed by atoms with Gasteiger partial charge in [0.2, 0.25) is 0 Å². The van der Waals surface area contributed by atoms with E-state index in [9.17, 15) is 19.1 Å². The molecule has 0 aliphatic rings. The zero-order valence-electron chi connectivity index (χ0n) is 15.6. The van der Waals surface area contributed by atoms with Gasteiger partial charge in [0.15, 0.2) is 0 Å². The van der Waals surface area contributed by atoms with Gasteiger partial charge in [0.25, 0.3) is 0 Å². The first-order chi connectivity index (χ1) is 12.9. The van der Waals surface area contributed by atoms with Gasteiger partial charge in [-0.3, -0.25) is 0 Å². The summed E-state index contributed by atoms with van der Waals surface area (Å²) in [7, 11) is 0. The van der Waals surface area contributed by atoms with Crippen molar-refractivity contribution in [1.29, 1.82) is 5.26 Å². The molecule has 0 spiro atoms. The number of anilines is 2. The summed E-state index contributed by atoms with van der Waals surface area (Å²) in [6, 6.07) is 8.53. The number of rotatable bonds is 7. The summed E-state index contributed by atoms with van der Waals surface area (Å²) in [5.41, 5.74) is 0.923. The van der Waals surface area contributed by atoms with Crippen LogP contribution in [0.25, 0.3) is 0 Å². The highest BCUT2D eigenvalue weighted by Gasteiger charge is 2.15. The topological polar surface area (TPSA) is 85.5 Å². The Morgan fingerprint density at radius 1 is 1.19 bits per heavy atom. The number of hydrogen-bond donors (Lipinski definition) is 3. The molecule has 0 radical (unpaired) electrons. The minimum Gasteiger partial charge on any atom is -0.492 e. The lowest BCUT2D eigenvalue weighted by molar-refractivity contribution is 0.0753. The Bertz CT molecular complexity index is 792. The maximum Gasteiger partial charge on any atom is 0.146 e. The molecule has 0 amide bonds. The van der Waals surface area contributed by atoms with Crippen LogP contribution in [-0.2, 0) is 0 Å². The summed E-state index contributed by atoms with van der Waals surface area (Å²) in [5.74, 6) is -1.21. The Balaban J connectivity index is 0.00000176. The van der Waals surface area contributed by atoms with Crippen molar-refractivity contribution < 1.29 is 23.7 Å². The average Bonchev–Trinajstić information content (AvgIpc) is 2.65. The molecule has 0 fully saturated rings. The second-order valence-electron chi connectivity index (χ2n) is 5.52. The van der Waals surface area contributed by atoms with E-state index in [1.165, 1.54) is 12.1 Å². The molecule has 0 bridgehead atoms. The van der Waals surface area contributed by atoms with Crippen LogP contribution in [0.3, 0.4) is 0 Å². The van der Waals surface area contributed by atoms with Gasteiger partial charge in [0, 0.05) is 12.5 Å². The number of nitrogens with zero attached hydrogens (tertiary/aromatic N) is 1. The number of halogens is 2. The molecule has 5 nitrogen and oxygen atoms in total. The average molecular weight is 378 g/mol. The molecule has 0 aromatic heterocycles. The molecule has 0 heterocycles. The zero-order chi connectivity index (χ0) is 20.4. The SMILES string of the molecule is CC.Cc1ccc(Nc2cc(F)cc(OCCC(O)CO)c2C#N)c(F)c1. The molecule has 146 valence electrons. The quantitative estimate of drug-likeness (QED) is 0.677. The first-order valence-corrected chi connectivity index (χ1v) is 8.63. The fourth-order valence-electron chi connectivity index (χ4n) is 2.17. The molecule has 2 aromatic rings. The van der Waals surface area contributed by atoms with Crippen molar-refractivity contribution in [3.8, 4) is 11.8 Å². The van der Waals surface area contributed by atoms with Crippen molar-refractivity contribution in [2.24, 2.45) is 0 Å². The summed E-state index contributed by atoms with van der Waals surface area (Å²) >= 11 is 0. The van der Waals surface area contributed by atoms with Gasteiger partial charge in [-0.15, -0.1) is 0 Å². The number of aliphatic hydroxyl groups excluding tert-OH is 2. The molecule has 0 aliphatic carbocycles. The molecule has 27 heavy (non-hydrogen) atoms. The number of hydrogen-bond acceptors (Lipinski definition) is 5. The molecule has 0 saturated heterocycles. The number of benzene rings is 2. The minimum atomic E-state index is -0.960. The molecule has 1 atom stereocenters. The smallest absolute Gasteiger partial charge is 0.146 e. The van der Waals surface area contributed by atoms with Crippen molar-refractivity contribution in [1.82, 2.24) is 0 Å². The first-order valence-electron chi connectivity index (χ1n) is 8.63.